The summed E-state index contributed by atoms with van der Waals surface area (Å²) in [4.78, 5) is 0. The van der Waals surface area contributed by atoms with Crippen molar-refractivity contribution in [2.45, 2.75) is 237 Å². The van der Waals surface area contributed by atoms with Gasteiger partial charge in [0.2, 0.25) is 18.1 Å². The highest BCUT2D eigenvalue weighted by Crippen LogP contribution is 2.38. The Balaban J connectivity index is 2.42. The van der Waals surface area contributed by atoms with Crippen LogP contribution >= 0.6 is 0 Å². The zero-order chi connectivity index (χ0) is 62.7. The van der Waals surface area contributed by atoms with Crippen LogP contribution in [-0.2, 0) is 4.12 Å². The van der Waals surface area contributed by atoms with E-state index in [0.29, 0.717) is 148 Å². The van der Waals surface area contributed by atoms with E-state index in [-0.39, 0.29) is 0 Å². The molecule has 0 unspecified atom stereocenters. The van der Waals surface area contributed by atoms with Crippen molar-refractivity contribution in [1.29, 1.82) is 0 Å². The molecule has 0 N–H and O–H groups in total. The molecular weight excluding hydrogens is 1130 g/mol. The predicted octanol–water partition coefficient (Wildman–Crippen LogP) is 16.2. The van der Waals surface area contributed by atoms with E-state index in [9.17, 15) is 0 Å². The fourth-order valence-electron chi connectivity index (χ4n) is 9.13. The van der Waals surface area contributed by atoms with Crippen LogP contribution in [-0.4, -0.2) is 97.4 Å². The Bertz CT molecular complexity index is 2110. The highest BCUT2D eigenvalue weighted by molar-refractivity contribution is 6.93. The number of hydrogen-bond donors (Lipinski definition) is 0. The minimum absolute atomic E-state index is 0.492. The van der Waals surface area contributed by atoms with Crippen LogP contribution < -0.4 is 77.6 Å². The molecular formula is C72H118O13Si2. The van der Waals surface area contributed by atoms with Crippen LogP contribution in [0.25, 0.3) is 0 Å². The van der Waals surface area contributed by atoms with Crippen molar-refractivity contribution in [3.63, 3.8) is 0 Å². The van der Waals surface area contributed by atoms with E-state index < -0.39 is 18.1 Å². The topological polar surface area (TPSA) is 120 Å². The van der Waals surface area contributed by atoms with Crippen LogP contribution in [0.3, 0.4) is 0 Å². The summed E-state index contributed by atoms with van der Waals surface area (Å²) in [5.74, 6) is 7.94. The second-order valence-electron chi connectivity index (χ2n) is 22.7. The summed E-state index contributed by atoms with van der Waals surface area (Å²) < 4.78 is 91.3. The van der Waals surface area contributed by atoms with Gasteiger partial charge in [0.15, 0.2) is 46.0 Å². The lowest BCUT2D eigenvalue weighted by molar-refractivity contribution is 0.257. The van der Waals surface area contributed by atoms with Gasteiger partial charge in [-0.15, -0.1) is 0 Å². The molecule has 0 atom stereocenters. The normalized spacial score (nSPS) is 11.3. The van der Waals surface area contributed by atoms with Crippen molar-refractivity contribution < 1.29 is 61.0 Å². The van der Waals surface area contributed by atoms with E-state index in [0.717, 1.165) is 175 Å². The molecule has 0 saturated heterocycles. The summed E-state index contributed by atoms with van der Waals surface area (Å²) in [6.07, 6.45) is 22.2. The van der Waals surface area contributed by atoms with Crippen LogP contribution in [0.2, 0.25) is 0 Å². The standard InChI is InChI=1S/C72H118O13Si2/c1-13-25-37-73-57-49-65(81-45-33-21-9)69(53-61(57)77-41-29-17-5)86(70-54-62(78-42-30-18-6)58(74-38-26-14-2)50-66(70)82-46-34-22-10)85-87(71-55-63(79-43-31-19-7)59(75-39-27-15-3)51-67(71)83-47-35-23-11)72-56-64(80-44-32-20-8)60(76-40-28-16-4)52-68(72)84-48-36-24-12/h49-56,86-87H,13-48H2,1-12H3. The summed E-state index contributed by atoms with van der Waals surface area (Å²) in [5.41, 5.74) is 0. The second-order valence-corrected chi connectivity index (χ2v) is 27.8. The molecule has 0 amide bonds. The summed E-state index contributed by atoms with van der Waals surface area (Å²) in [5, 5.41) is 3.55. The summed E-state index contributed by atoms with van der Waals surface area (Å²) in [6, 6.07) is 16.9. The van der Waals surface area contributed by atoms with E-state index in [1.54, 1.807) is 0 Å². The van der Waals surface area contributed by atoms with Crippen LogP contribution in [0.5, 0.6) is 69.0 Å². The van der Waals surface area contributed by atoms with Crippen molar-refractivity contribution in [2.24, 2.45) is 0 Å². The third-order valence-corrected chi connectivity index (χ3v) is 21.0. The van der Waals surface area contributed by atoms with Gasteiger partial charge in [0.25, 0.3) is 0 Å². The minimum atomic E-state index is -3.25. The molecule has 0 aliphatic carbocycles. The molecule has 0 heterocycles. The van der Waals surface area contributed by atoms with Gasteiger partial charge in [0.05, 0.1) is 79.3 Å². The molecule has 0 aliphatic heterocycles. The lowest BCUT2D eigenvalue weighted by Gasteiger charge is -2.31. The Labute approximate surface area is 531 Å². The first-order valence-corrected chi connectivity index (χ1v) is 37.9. The zero-order valence-electron chi connectivity index (χ0n) is 56.5. The maximum Gasteiger partial charge on any atom is 0.236 e. The molecule has 0 aromatic heterocycles. The van der Waals surface area contributed by atoms with Gasteiger partial charge in [-0.05, 0) is 101 Å². The monoisotopic (exact) mass is 1250 g/mol. The van der Waals surface area contributed by atoms with Gasteiger partial charge in [0, 0.05) is 45.0 Å². The number of ether oxygens (including phenoxy) is 12. The zero-order valence-corrected chi connectivity index (χ0v) is 58.8. The van der Waals surface area contributed by atoms with Crippen LogP contribution in [0.4, 0.5) is 0 Å². The average Bonchev–Trinajstić information content (AvgIpc) is 2.45. The van der Waals surface area contributed by atoms with Crippen molar-refractivity contribution in [1.82, 2.24) is 0 Å². The Morgan fingerprint density at radius 3 is 0.448 bits per heavy atom. The molecule has 4 rings (SSSR count). The number of benzene rings is 4. The molecule has 492 valence electrons. The molecule has 0 fully saturated rings. The Morgan fingerprint density at radius 2 is 0.310 bits per heavy atom. The quantitative estimate of drug-likeness (QED) is 0.0308. The Morgan fingerprint density at radius 1 is 0.184 bits per heavy atom. The van der Waals surface area contributed by atoms with E-state index in [1.807, 2.05) is 0 Å². The molecule has 0 radical (unpaired) electrons. The summed E-state index contributed by atoms with van der Waals surface area (Å²) >= 11 is 0. The van der Waals surface area contributed by atoms with Crippen LogP contribution in [0, 0.1) is 0 Å². The molecule has 87 heavy (non-hydrogen) atoms. The number of unbranched alkanes of at least 4 members (excludes halogenated alkanes) is 12. The maximum absolute atomic E-state index is 8.63. The Kier molecular flexibility index (Phi) is 39.3. The van der Waals surface area contributed by atoms with Crippen molar-refractivity contribution in [3.8, 4) is 69.0 Å². The second kappa shape index (κ2) is 46.0. The highest BCUT2D eigenvalue weighted by Gasteiger charge is 2.38. The maximum atomic E-state index is 8.63. The Hall–Kier alpha value is -5.13. The molecule has 0 saturated carbocycles. The first-order valence-electron chi connectivity index (χ1n) is 34.6. The molecule has 4 aromatic carbocycles. The molecule has 15 heteroatoms. The van der Waals surface area contributed by atoms with Crippen molar-refractivity contribution >= 4 is 38.8 Å². The lowest BCUT2D eigenvalue weighted by atomic mass is 10.2. The van der Waals surface area contributed by atoms with Crippen molar-refractivity contribution in [2.75, 3.05) is 79.3 Å². The van der Waals surface area contributed by atoms with Crippen molar-refractivity contribution in [3.05, 3.63) is 48.5 Å². The lowest BCUT2D eigenvalue weighted by Crippen LogP contribution is -2.57. The van der Waals surface area contributed by atoms with Gasteiger partial charge in [-0.1, -0.05) is 160 Å². The average molecular weight is 1250 g/mol. The fourth-order valence-corrected chi connectivity index (χ4v) is 16.1. The van der Waals surface area contributed by atoms with Gasteiger partial charge >= 0.3 is 0 Å². The third kappa shape index (κ3) is 26.1. The molecule has 0 bridgehead atoms. The van der Waals surface area contributed by atoms with E-state index in [2.05, 4.69) is 132 Å². The summed E-state index contributed by atoms with van der Waals surface area (Å²) in [7, 11) is -6.51. The highest BCUT2D eigenvalue weighted by atomic mass is 28.4. The van der Waals surface area contributed by atoms with Gasteiger partial charge in [-0.3, -0.25) is 0 Å². The SMILES string of the molecule is CCCCOc1cc(OCCCC)c([SiH](O[SiH](c2cc(OCCCC)c(OCCCC)cc2OCCCC)c2cc(OCCCC)c(OCCCC)cc2OCCCC)c2cc(OCCCC)c(OCCCC)cc2OCCCC)cc1OCCCC. The minimum Gasteiger partial charge on any atom is -0.493 e. The number of rotatable bonds is 54. The third-order valence-electron chi connectivity index (χ3n) is 14.8. The van der Waals surface area contributed by atoms with Crippen LogP contribution in [0.1, 0.15) is 237 Å². The van der Waals surface area contributed by atoms with Crippen LogP contribution in [0.15, 0.2) is 48.5 Å². The van der Waals surface area contributed by atoms with E-state index in [4.69, 9.17) is 61.0 Å². The molecule has 13 nitrogen and oxygen atoms in total. The molecule has 4 aromatic rings. The van der Waals surface area contributed by atoms with Gasteiger partial charge in [-0.2, -0.15) is 0 Å². The van der Waals surface area contributed by atoms with E-state index >= 15 is 0 Å². The van der Waals surface area contributed by atoms with E-state index in [1.165, 1.54) is 0 Å². The molecule has 0 spiro atoms. The first kappa shape index (κ1) is 74.3. The largest absolute Gasteiger partial charge is 0.493 e. The number of hydrogen-bond acceptors (Lipinski definition) is 13. The van der Waals surface area contributed by atoms with Gasteiger partial charge in [0.1, 0.15) is 23.0 Å². The van der Waals surface area contributed by atoms with Gasteiger partial charge in [-0.25, -0.2) is 0 Å². The smallest absolute Gasteiger partial charge is 0.236 e. The molecule has 0 aliphatic rings. The van der Waals surface area contributed by atoms with Gasteiger partial charge < -0.3 is 61.0 Å². The predicted molar refractivity (Wildman–Crippen MR) is 365 cm³/mol. The first-order chi connectivity index (χ1) is 42.7. The fraction of sp³-hybridized carbons (Fsp3) is 0.667. The summed E-state index contributed by atoms with van der Waals surface area (Å²) in [6.45, 7) is 32.4.